The molecule has 0 atom stereocenters. The summed E-state index contributed by atoms with van der Waals surface area (Å²) in [5.41, 5.74) is 11.2. The van der Waals surface area contributed by atoms with Gasteiger partial charge in [0.2, 0.25) is 5.96 Å². The molecule has 4 aromatic carbocycles. The molecule has 0 aromatic heterocycles. The van der Waals surface area contributed by atoms with Gasteiger partial charge in [-0.3, -0.25) is 0 Å². The highest BCUT2D eigenvalue weighted by molar-refractivity contribution is 6.07. The van der Waals surface area contributed by atoms with Crippen LogP contribution < -0.4 is 10.6 Å². The van der Waals surface area contributed by atoms with Crippen LogP contribution in [0.5, 0.6) is 0 Å². The van der Waals surface area contributed by atoms with E-state index >= 15 is 0 Å². The molecule has 3 nitrogen and oxygen atoms in total. The van der Waals surface area contributed by atoms with Gasteiger partial charge in [0.15, 0.2) is 0 Å². The van der Waals surface area contributed by atoms with Gasteiger partial charge in [-0.15, -0.1) is 0 Å². The standard InChI is InChI=1S/C24H21N3/c1-27(22-14-12-18-10-9-17-7-4-8-21(22)23(17)18)24(25)26-20-13-11-16-5-2-3-6-19(16)15-20/h2-8,11-15H,9-10H2,1H3,(H2,25,26). The molecule has 3 heteroatoms. The van der Waals surface area contributed by atoms with Gasteiger partial charge < -0.3 is 10.6 Å². The average Bonchev–Trinajstić information content (AvgIpc) is 3.13. The smallest absolute Gasteiger partial charge is 0.200 e. The van der Waals surface area contributed by atoms with E-state index in [1.54, 1.807) is 0 Å². The minimum Gasteiger partial charge on any atom is -0.369 e. The summed E-state index contributed by atoms with van der Waals surface area (Å²) in [5.74, 6) is 0.490. The summed E-state index contributed by atoms with van der Waals surface area (Å²) >= 11 is 0. The fraction of sp³-hybridized carbons (Fsp3) is 0.125. The number of aryl methyl sites for hydroxylation is 2. The second kappa shape index (κ2) is 6.13. The van der Waals surface area contributed by atoms with E-state index in [2.05, 4.69) is 59.6 Å². The van der Waals surface area contributed by atoms with Crippen LogP contribution >= 0.6 is 0 Å². The lowest BCUT2D eigenvalue weighted by Gasteiger charge is -2.21. The molecule has 4 aromatic rings. The Morgan fingerprint density at radius 3 is 2.48 bits per heavy atom. The van der Waals surface area contributed by atoms with Gasteiger partial charge in [0.25, 0.3) is 0 Å². The lowest BCUT2D eigenvalue weighted by atomic mass is 10.0. The predicted molar refractivity (Wildman–Crippen MR) is 115 cm³/mol. The molecule has 27 heavy (non-hydrogen) atoms. The van der Waals surface area contributed by atoms with Crippen LogP contribution in [0.2, 0.25) is 0 Å². The van der Waals surface area contributed by atoms with Crippen molar-refractivity contribution in [1.82, 2.24) is 0 Å². The van der Waals surface area contributed by atoms with Gasteiger partial charge in [-0.2, -0.15) is 0 Å². The third-order valence-electron chi connectivity index (χ3n) is 5.54. The molecule has 132 valence electrons. The highest BCUT2D eigenvalue weighted by atomic mass is 15.2. The molecule has 0 saturated heterocycles. The number of aliphatic imine (C=N–C) groups is 1. The van der Waals surface area contributed by atoms with Crippen molar-refractivity contribution in [2.45, 2.75) is 12.8 Å². The number of rotatable bonds is 2. The zero-order chi connectivity index (χ0) is 18.4. The quantitative estimate of drug-likeness (QED) is 0.400. The molecule has 0 unspecified atom stereocenters. The maximum Gasteiger partial charge on any atom is 0.200 e. The first-order valence-corrected chi connectivity index (χ1v) is 9.31. The van der Waals surface area contributed by atoms with Gasteiger partial charge in [0.05, 0.1) is 11.4 Å². The van der Waals surface area contributed by atoms with Crippen LogP contribution in [0.15, 0.2) is 77.8 Å². The molecule has 0 heterocycles. The van der Waals surface area contributed by atoms with Gasteiger partial charge >= 0.3 is 0 Å². The molecule has 1 aliphatic rings. The zero-order valence-electron chi connectivity index (χ0n) is 15.3. The molecule has 0 aliphatic heterocycles. The van der Waals surface area contributed by atoms with E-state index in [1.165, 1.54) is 32.7 Å². The Kier molecular flexibility index (Phi) is 3.61. The fourth-order valence-corrected chi connectivity index (χ4v) is 4.10. The van der Waals surface area contributed by atoms with Gasteiger partial charge in [-0.25, -0.2) is 4.99 Å². The molecule has 2 N–H and O–H groups in total. The monoisotopic (exact) mass is 351 g/mol. The number of benzene rings is 4. The van der Waals surface area contributed by atoms with Crippen molar-refractivity contribution >= 4 is 38.9 Å². The maximum absolute atomic E-state index is 6.38. The summed E-state index contributed by atoms with van der Waals surface area (Å²) in [6.45, 7) is 0. The topological polar surface area (TPSA) is 41.6 Å². The van der Waals surface area contributed by atoms with Gasteiger partial charge in [-0.1, -0.05) is 54.6 Å². The molecule has 0 saturated carbocycles. The lowest BCUT2D eigenvalue weighted by molar-refractivity contribution is 1.02. The average molecular weight is 351 g/mol. The van der Waals surface area contributed by atoms with Crippen LogP contribution in [-0.2, 0) is 12.8 Å². The van der Waals surface area contributed by atoms with E-state index in [1.807, 2.05) is 30.1 Å². The van der Waals surface area contributed by atoms with Gasteiger partial charge in [-0.05, 0) is 58.3 Å². The van der Waals surface area contributed by atoms with Gasteiger partial charge in [0, 0.05) is 12.4 Å². The third-order valence-corrected chi connectivity index (χ3v) is 5.54. The van der Waals surface area contributed by atoms with Crippen LogP contribution in [0.4, 0.5) is 11.4 Å². The lowest BCUT2D eigenvalue weighted by Crippen LogP contribution is -2.33. The number of guanidine groups is 1. The molecule has 0 fully saturated rings. The van der Waals surface area contributed by atoms with E-state index in [9.17, 15) is 0 Å². The molecular formula is C24H21N3. The third kappa shape index (κ3) is 2.63. The Hall–Kier alpha value is -3.33. The Balaban J connectivity index is 1.56. The minimum atomic E-state index is 0.490. The highest BCUT2D eigenvalue weighted by Crippen LogP contribution is 2.36. The van der Waals surface area contributed by atoms with E-state index in [-0.39, 0.29) is 0 Å². The highest BCUT2D eigenvalue weighted by Gasteiger charge is 2.18. The molecular weight excluding hydrogens is 330 g/mol. The predicted octanol–water partition coefficient (Wildman–Crippen LogP) is 5.17. The van der Waals surface area contributed by atoms with Crippen molar-refractivity contribution in [3.63, 3.8) is 0 Å². The first-order chi connectivity index (χ1) is 13.2. The van der Waals surface area contributed by atoms with Crippen molar-refractivity contribution in [3.8, 4) is 0 Å². The Morgan fingerprint density at radius 2 is 1.63 bits per heavy atom. The van der Waals surface area contributed by atoms with Crippen molar-refractivity contribution in [1.29, 1.82) is 0 Å². The summed E-state index contributed by atoms with van der Waals surface area (Å²) in [7, 11) is 1.99. The van der Waals surface area contributed by atoms with E-state index in [0.29, 0.717) is 5.96 Å². The Bertz CT molecular complexity index is 1200. The van der Waals surface area contributed by atoms with E-state index in [4.69, 9.17) is 5.73 Å². The molecule has 0 bridgehead atoms. The summed E-state index contributed by atoms with van der Waals surface area (Å²) < 4.78 is 0. The number of nitrogens with two attached hydrogens (primary N) is 1. The van der Waals surface area contributed by atoms with E-state index in [0.717, 1.165) is 24.2 Å². The second-order valence-corrected chi connectivity index (χ2v) is 7.14. The fourth-order valence-electron chi connectivity index (χ4n) is 4.10. The maximum atomic E-state index is 6.38. The summed E-state index contributed by atoms with van der Waals surface area (Å²) in [6, 6.07) is 25.4. The summed E-state index contributed by atoms with van der Waals surface area (Å²) in [5, 5.41) is 5.01. The van der Waals surface area contributed by atoms with Crippen LogP contribution in [0.1, 0.15) is 11.1 Å². The van der Waals surface area contributed by atoms with E-state index < -0.39 is 0 Å². The van der Waals surface area contributed by atoms with Crippen molar-refractivity contribution in [2.75, 3.05) is 11.9 Å². The normalized spacial score (nSPS) is 13.4. The second-order valence-electron chi connectivity index (χ2n) is 7.14. The zero-order valence-corrected chi connectivity index (χ0v) is 15.3. The molecule has 0 radical (unpaired) electrons. The van der Waals surface area contributed by atoms with Crippen molar-refractivity contribution in [3.05, 3.63) is 83.9 Å². The van der Waals surface area contributed by atoms with Crippen molar-refractivity contribution in [2.24, 2.45) is 10.7 Å². The number of fused-ring (bicyclic) bond motifs is 1. The minimum absolute atomic E-state index is 0.490. The van der Waals surface area contributed by atoms with Crippen molar-refractivity contribution < 1.29 is 0 Å². The molecule has 0 spiro atoms. The largest absolute Gasteiger partial charge is 0.369 e. The van der Waals surface area contributed by atoms with Crippen LogP contribution in [-0.4, -0.2) is 13.0 Å². The summed E-state index contributed by atoms with van der Waals surface area (Å²) in [6.07, 6.45) is 2.25. The number of hydrogen-bond acceptors (Lipinski definition) is 1. The Labute approximate surface area is 158 Å². The molecule has 1 aliphatic carbocycles. The Morgan fingerprint density at radius 1 is 0.852 bits per heavy atom. The number of nitrogens with zero attached hydrogens (tertiary/aromatic N) is 2. The first kappa shape index (κ1) is 15.9. The van der Waals surface area contributed by atoms with Gasteiger partial charge in [0.1, 0.15) is 0 Å². The number of hydrogen-bond donors (Lipinski definition) is 1. The van der Waals surface area contributed by atoms with Crippen LogP contribution in [0.3, 0.4) is 0 Å². The molecule has 0 amide bonds. The SMILES string of the molecule is CN(C(N)=Nc1ccc2ccccc2c1)c1ccc2c3c(cccc13)CC2. The summed E-state index contributed by atoms with van der Waals surface area (Å²) in [4.78, 5) is 6.66. The number of anilines is 1. The van der Waals surface area contributed by atoms with Crippen LogP contribution in [0, 0.1) is 0 Å². The van der Waals surface area contributed by atoms with Crippen LogP contribution in [0.25, 0.3) is 21.5 Å². The first-order valence-electron chi connectivity index (χ1n) is 9.31. The molecule has 5 rings (SSSR count).